The average Bonchev–Trinajstić information content (AvgIpc) is 3.37. The molecule has 1 atom stereocenters. The van der Waals surface area contributed by atoms with Crippen molar-refractivity contribution in [1.29, 1.82) is 0 Å². The summed E-state index contributed by atoms with van der Waals surface area (Å²) in [5.74, 6) is -0.502. The number of carbonyl (C=O) groups excluding carboxylic acids is 2. The van der Waals surface area contributed by atoms with Gasteiger partial charge in [-0.25, -0.2) is 4.79 Å². The molecule has 164 valence electrons. The summed E-state index contributed by atoms with van der Waals surface area (Å²) in [4.78, 5) is 31.2. The number of hydrogen-bond donors (Lipinski definition) is 0. The lowest BCUT2D eigenvalue weighted by atomic mass is 9.94. The van der Waals surface area contributed by atoms with Crippen LogP contribution in [0.5, 0.6) is 0 Å². The molecule has 1 aromatic heterocycles. The second-order valence-electron chi connectivity index (χ2n) is 7.56. The molecule has 0 spiro atoms. The SMILES string of the molecule is CCOC(=O)C1=C(C)N(Cc2ccccc2)C(=O)[C@@]1(Cc1cccs1)Sc1ccccc1. The maximum Gasteiger partial charge on any atom is 0.337 e. The monoisotopic (exact) mass is 463 g/mol. The number of esters is 1. The summed E-state index contributed by atoms with van der Waals surface area (Å²) in [6.45, 7) is 4.32. The predicted octanol–water partition coefficient (Wildman–Crippen LogP) is 5.70. The first kappa shape index (κ1) is 22.4. The van der Waals surface area contributed by atoms with Crippen molar-refractivity contribution in [2.75, 3.05) is 6.61 Å². The smallest absolute Gasteiger partial charge is 0.337 e. The Morgan fingerprint density at radius 1 is 1.03 bits per heavy atom. The summed E-state index contributed by atoms with van der Waals surface area (Å²) in [6, 6.07) is 23.6. The van der Waals surface area contributed by atoms with Crippen LogP contribution in [0.25, 0.3) is 0 Å². The summed E-state index contributed by atoms with van der Waals surface area (Å²) in [7, 11) is 0. The minimum absolute atomic E-state index is 0.0795. The molecule has 4 rings (SSSR count). The molecule has 2 heterocycles. The third-order valence-corrected chi connectivity index (χ3v) is 7.72. The standard InChI is InChI=1S/C26H25NO3S2/c1-3-30-24(28)23-19(2)27(18-20-11-6-4-7-12-20)25(29)26(23,17-22-15-10-16-31-22)32-21-13-8-5-9-14-21/h4-16H,3,17-18H2,1-2H3/t26-/m0/s1. The molecule has 2 aromatic carbocycles. The van der Waals surface area contributed by atoms with Crippen LogP contribution in [0, 0.1) is 0 Å². The molecule has 1 aliphatic heterocycles. The number of carbonyl (C=O) groups is 2. The molecule has 4 nitrogen and oxygen atoms in total. The molecule has 0 bridgehead atoms. The van der Waals surface area contributed by atoms with Gasteiger partial charge in [0.2, 0.25) is 5.91 Å². The minimum Gasteiger partial charge on any atom is -0.463 e. The average molecular weight is 464 g/mol. The Morgan fingerprint density at radius 2 is 1.72 bits per heavy atom. The fraction of sp³-hybridized carbons (Fsp3) is 0.231. The van der Waals surface area contributed by atoms with Crippen molar-refractivity contribution in [2.45, 2.75) is 36.5 Å². The van der Waals surface area contributed by atoms with E-state index in [1.54, 1.807) is 23.2 Å². The van der Waals surface area contributed by atoms with Crippen LogP contribution < -0.4 is 0 Å². The van der Waals surface area contributed by atoms with Crippen molar-refractivity contribution < 1.29 is 14.3 Å². The third kappa shape index (κ3) is 4.38. The highest BCUT2D eigenvalue weighted by atomic mass is 32.2. The fourth-order valence-electron chi connectivity index (χ4n) is 4.02. The van der Waals surface area contributed by atoms with Gasteiger partial charge in [0.1, 0.15) is 4.75 Å². The first-order valence-corrected chi connectivity index (χ1v) is 12.3. The van der Waals surface area contributed by atoms with E-state index < -0.39 is 10.7 Å². The highest BCUT2D eigenvalue weighted by molar-refractivity contribution is 8.01. The quantitative estimate of drug-likeness (QED) is 0.402. The van der Waals surface area contributed by atoms with Crippen LogP contribution in [0.3, 0.4) is 0 Å². The van der Waals surface area contributed by atoms with Crippen LogP contribution >= 0.6 is 23.1 Å². The minimum atomic E-state index is -1.09. The molecule has 1 amide bonds. The molecule has 6 heteroatoms. The lowest BCUT2D eigenvalue weighted by Crippen LogP contribution is -2.43. The molecule has 0 radical (unpaired) electrons. The largest absolute Gasteiger partial charge is 0.463 e. The molecular weight excluding hydrogens is 438 g/mol. The Hall–Kier alpha value is -2.83. The van der Waals surface area contributed by atoms with Crippen LogP contribution in [-0.4, -0.2) is 28.1 Å². The molecule has 32 heavy (non-hydrogen) atoms. The van der Waals surface area contributed by atoms with Gasteiger partial charge in [-0.2, -0.15) is 0 Å². The van der Waals surface area contributed by atoms with Crippen LogP contribution in [0.4, 0.5) is 0 Å². The molecule has 0 N–H and O–H groups in total. The van der Waals surface area contributed by atoms with E-state index in [0.29, 0.717) is 24.2 Å². The topological polar surface area (TPSA) is 46.6 Å². The van der Waals surface area contributed by atoms with E-state index in [-0.39, 0.29) is 12.5 Å². The highest BCUT2D eigenvalue weighted by Crippen LogP contribution is 2.49. The zero-order valence-electron chi connectivity index (χ0n) is 18.1. The number of thioether (sulfide) groups is 1. The van der Waals surface area contributed by atoms with Gasteiger partial charge in [0.15, 0.2) is 0 Å². The lowest BCUT2D eigenvalue weighted by Gasteiger charge is -2.29. The summed E-state index contributed by atoms with van der Waals surface area (Å²) < 4.78 is 4.38. The van der Waals surface area contributed by atoms with Gasteiger partial charge in [0.25, 0.3) is 0 Å². The molecular formula is C26H25NO3S2. The number of amides is 1. The van der Waals surface area contributed by atoms with E-state index in [4.69, 9.17) is 4.74 Å². The molecule has 0 fully saturated rings. The fourth-order valence-corrected chi connectivity index (χ4v) is 6.35. The Morgan fingerprint density at radius 3 is 2.34 bits per heavy atom. The first-order chi connectivity index (χ1) is 15.5. The number of hydrogen-bond acceptors (Lipinski definition) is 5. The predicted molar refractivity (Wildman–Crippen MR) is 129 cm³/mol. The van der Waals surface area contributed by atoms with E-state index in [0.717, 1.165) is 15.3 Å². The van der Waals surface area contributed by atoms with Gasteiger partial charge in [0, 0.05) is 21.9 Å². The van der Waals surface area contributed by atoms with Gasteiger partial charge in [0.05, 0.1) is 18.7 Å². The zero-order valence-corrected chi connectivity index (χ0v) is 19.7. The highest BCUT2D eigenvalue weighted by Gasteiger charge is 2.55. The summed E-state index contributed by atoms with van der Waals surface area (Å²) in [5.41, 5.74) is 2.12. The van der Waals surface area contributed by atoms with E-state index in [1.165, 1.54) is 11.8 Å². The number of rotatable bonds is 8. The summed E-state index contributed by atoms with van der Waals surface area (Å²) >= 11 is 3.04. The number of ether oxygens (including phenoxy) is 1. The van der Waals surface area contributed by atoms with Crippen molar-refractivity contribution in [3.8, 4) is 0 Å². The Bertz CT molecular complexity index is 1110. The third-order valence-electron chi connectivity index (χ3n) is 5.46. The normalized spacial score (nSPS) is 18.3. The molecule has 0 saturated heterocycles. The van der Waals surface area contributed by atoms with E-state index in [2.05, 4.69) is 0 Å². The second kappa shape index (κ2) is 9.76. The Kier molecular flexibility index (Phi) is 6.82. The van der Waals surface area contributed by atoms with Gasteiger partial charge < -0.3 is 9.64 Å². The van der Waals surface area contributed by atoms with Crippen LogP contribution in [-0.2, 0) is 27.3 Å². The van der Waals surface area contributed by atoms with Gasteiger partial charge in [-0.3, -0.25) is 4.79 Å². The van der Waals surface area contributed by atoms with Crippen LogP contribution in [0.2, 0.25) is 0 Å². The number of nitrogens with zero attached hydrogens (tertiary/aromatic N) is 1. The molecule has 1 aliphatic rings. The van der Waals surface area contributed by atoms with Gasteiger partial charge >= 0.3 is 5.97 Å². The number of thiophene rings is 1. The van der Waals surface area contributed by atoms with Crippen molar-refractivity contribution in [3.05, 3.63) is 99.9 Å². The van der Waals surface area contributed by atoms with Gasteiger partial charge in [-0.1, -0.05) is 54.6 Å². The lowest BCUT2D eigenvalue weighted by molar-refractivity contribution is -0.140. The van der Waals surface area contributed by atoms with E-state index in [9.17, 15) is 9.59 Å². The molecule has 3 aromatic rings. The Balaban J connectivity index is 1.83. The van der Waals surface area contributed by atoms with Crippen molar-refractivity contribution in [1.82, 2.24) is 4.90 Å². The second-order valence-corrected chi connectivity index (χ2v) is 9.96. The van der Waals surface area contributed by atoms with E-state index in [1.807, 2.05) is 85.1 Å². The number of benzene rings is 2. The Labute approximate surface area is 196 Å². The molecule has 0 aliphatic carbocycles. The van der Waals surface area contributed by atoms with Gasteiger partial charge in [-0.15, -0.1) is 23.1 Å². The maximum absolute atomic E-state index is 14.2. The number of allylic oxidation sites excluding steroid dienone is 1. The van der Waals surface area contributed by atoms with Gasteiger partial charge in [-0.05, 0) is 43.0 Å². The van der Waals surface area contributed by atoms with Crippen molar-refractivity contribution in [3.63, 3.8) is 0 Å². The van der Waals surface area contributed by atoms with E-state index >= 15 is 0 Å². The summed E-state index contributed by atoms with van der Waals surface area (Å²) in [6.07, 6.45) is 0.430. The van der Waals surface area contributed by atoms with Crippen molar-refractivity contribution >= 4 is 35.0 Å². The van der Waals surface area contributed by atoms with Crippen molar-refractivity contribution in [2.24, 2.45) is 0 Å². The first-order valence-electron chi connectivity index (χ1n) is 10.6. The molecule has 0 unspecified atom stereocenters. The van der Waals surface area contributed by atoms with Crippen LogP contribution in [0.1, 0.15) is 24.3 Å². The van der Waals surface area contributed by atoms with Crippen LogP contribution in [0.15, 0.2) is 94.3 Å². The summed E-state index contributed by atoms with van der Waals surface area (Å²) in [5, 5.41) is 2.00. The maximum atomic E-state index is 14.2. The zero-order chi connectivity index (χ0) is 22.6. The molecule has 0 saturated carbocycles.